The predicted octanol–water partition coefficient (Wildman–Crippen LogP) is 5.98. The average Bonchev–Trinajstić information content (AvgIpc) is 2.11. The van der Waals surface area contributed by atoms with E-state index in [1.165, 1.54) is 0 Å². The molecule has 0 saturated heterocycles. The van der Waals surface area contributed by atoms with Crippen molar-refractivity contribution in [3.8, 4) is 0 Å². The minimum absolute atomic E-state index is 0.0842. The van der Waals surface area contributed by atoms with Gasteiger partial charge < -0.3 is 0 Å². The molecule has 15 heavy (non-hydrogen) atoms. The van der Waals surface area contributed by atoms with E-state index < -0.39 is 0 Å². The first kappa shape index (κ1) is 16.9. The molecule has 0 bridgehead atoms. The molecule has 0 nitrogen and oxygen atoms in total. The Hall–Kier alpha value is 1.95. The summed E-state index contributed by atoms with van der Waals surface area (Å²) < 4.78 is -0.125. The van der Waals surface area contributed by atoms with Crippen LogP contribution < -0.4 is 0 Å². The van der Waals surface area contributed by atoms with Gasteiger partial charge in [0.05, 0.1) is 4.32 Å². The molecule has 0 rings (SSSR count). The highest BCUT2D eigenvalue weighted by Crippen LogP contribution is 2.39. The molecule has 2 unspecified atom stereocenters. The summed E-state index contributed by atoms with van der Waals surface area (Å²) in [5.41, 5.74) is 0. The van der Waals surface area contributed by atoms with Crippen LogP contribution in [0.15, 0.2) is 11.6 Å². The van der Waals surface area contributed by atoms with Crippen LogP contribution in [0.1, 0.15) is 26.7 Å². The second kappa shape index (κ2) is 6.77. The molecule has 0 aromatic rings. The molecule has 0 N–H and O–H groups in total. The van der Waals surface area contributed by atoms with Crippen LogP contribution in [0.4, 0.5) is 0 Å². The van der Waals surface area contributed by atoms with Gasteiger partial charge in [-0.15, -0.1) is 0 Å². The van der Waals surface area contributed by atoms with Gasteiger partial charge in [-0.3, -0.25) is 0 Å². The number of allylic oxidation sites excluding steroid dienone is 1. The quantitative estimate of drug-likeness (QED) is 0.402. The number of hydrogen-bond donors (Lipinski definition) is 0. The van der Waals surface area contributed by atoms with Crippen molar-refractivity contribution in [2.45, 2.75) is 40.2 Å². The zero-order valence-electron chi connectivity index (χ0n) is 8.80. The molecular formula is C10H15Br4Cl. The van der Waals surface area contributed by atoms with Crippen LogP contribution in [0.2, 0.25) is 0 Å². The van der Waals surface area contributed by atoms with Crippen molar-refractivity contribution in [1.29, 1.82) is 0 Å². The van der Waals surface area contributed by atoms with Gasteiger partial charge >= 0.3 is 0 Å². The second-order valence-electron chi connectivity index (χ2n) is 4.07. The zero-order chi connectivity index (χ0) is 12.3. The van der Waals surface area contributed by atoms with Crippen molar-refractivity contribution in [3.05, 3.63) is 11.6 Å². The average molecular weight is 490 g/mol. The lowest BCUT2D eigenvalue weighted by atomic mass is 9.99. The topological polar surface area (TPSA) is 0 Å². The Kier molecular flexibility index (Phi) is 7.65. The Labute approximate surface area is 131 Å². The van der Waals surface area contributed by atoms with E-state index in [2.05, 4.69) is 84.1 Å². The van der Waals surface area contributed by atoms with Crippen molar-refractivity contribution >= 4 is 75.3 Å². The van der Waals surface area contributed by atoms with Gasteiger partial charge in [0, 0.05) is 19.5 Å². The van der Waals surface area contributed by atoms with E-state index in [0.29, 0.717) is 9.86 Å². The predicted molar refractivity (Wildman–Crippen MR) is 85.4 cm³/mol. The van der Waals surface area contributed by atoms with E-state index in [9.17, 15) is 0 Å². The highest BCUT2D eigenvalue weighted by molar-refractivity contribution is 9.13. The molecule has 90 valence electrons. The van der Waals surface area contributed by atoms with E-state index in [1.807, 2.05) is 0 Å². The van der Waals surface area contributed by atoms with Gasteiger partial charge in [0.2, 0.25) is 0 Å². The highest BCUT2D eigenvalue weighted by atomic mass is 79.9. The van der Waals surface area contributed by atoms with Gasteiger partial charge in [-0.25, -0.2) is 0 Å². The van der Waals surface area contributed by atoms with E-state index >= 15 is 0 Å². The molecule has 0 amide bonds. The van der Waals surface area contributed by atoms with E-state index in [-0.39, 0.29) is 8.65 Å². The lowest BCUT2D eigenvalue weighted by Crippen LogP contribution is -2.29. The number of rotatable bonds is 6. The van der Waals surface area contributed by atoms with E-state index in [4.69, 9.17) is 11.6 Å². The largest absolute Gasteiger partial charge is 0.0909 e. The molecular weight excluding hydrogens is 475 g/mol. The number of halogens is 5. The van der Waals surface area contributed by atoms with Crippen molar-refractivity contribution in [2.24, 2.45) is 0 Å². The first-order valence-electron chi connectivity index (χ1n) is 4.56. The third-order valence-corrected chi connectivity index (χ3v) is 8.46. The van der Waals surface area contributed by atoms with Crippen LogP contribution in [0, 0.1) is 0 Å². The van der Waals surface area contributed by atoms with Gasteiger partial charge in [-0.1, -0.05) is 81.9 Å². The van der Waals surface area contributed by atoms with Gasteiger partial charge in [-0.2, -0.15) is 0 Å². The summed E-state index contributed by atoms with van der Waals surface area (Å²) in [6.45, 7) is 8.09. The van der Waals surface area contributed by atoms with Crippen molar-refractivity contribution < 1.29 is 0 Å². The number of hydrogen-bond acceptors (Lipinski definition) is 0. The fourth-order valence-electron chi connectivity index (χ4n) is 0.974. The minimum atomic E-state index is -0.209. The Morgan fingerprint density at radius 3 is 2.13 bits per heavy atom. The Balaban J connectivity index is 4.31. The van der Waals surface area contributed by atoms with Crippen molar-refractivity contribution in [1.82, 2.24) is 0 Å². The van der Waals surface area contributed by atoms with Crippen molar-refractivity contribution in [2.75, 3.05) is 5.33 Å². The first-order valence-corrected chi connectivity index (χ1v) is 8.56. The first-order chi connectivity index (χ1) is 6.63. The summed E-state index contributed by atoms with van der Waals surface area (Å²) in [7, 11) is 0. The van der Waals surface area contributed by atoms with Gasteiger partial charge in [0.1, 0.15) is 0 Å². The summed E-state index contributed by atoms with van der Waals surface area (Å²) in [5, 5.41) is 1.41. The molecule has 0 radical (unpaired) electrons. The molecule has 5 heteroatoms. The molecule has 0 spiro atoms. The monoisotopic (exact) mass is 486 g/mol. The lowest BCUT2D eigenvalue weighted by Gasteiger charge is -2.29. The Morgan fingerprint density at radius 2 is 1.87 bits per heavy atom. The van der Waals surface area contributed by atoms with Gasteiger partial charge in [0.25, 0.3) is 0 Å². The fourth-order valence-corrected chi connectivity index (χ4v) is 2.60. The van der Waals surface area contributed by atoms with E-state index in [1.54, 1.807) is 0 Å². The van der Waals surface area contributed by atoms with Crippen LogP contribution >= 0.6 is 75.3 Å². The SMILES string of the molecule is C=C(Cl)C(Br)(CBr)CCC(Br)C(C)(C)Br. The zero-order valence-corrected chi connectivity index (χ0v) is 15.9. The normalized spacial score (nSPS) is 18.3. The molecule has 0 aromatic carbocycles. The molecule has 0 fully saturated rings. The van der Waals surface area contributed by atoms with Crippen LogP contribution in [0.5, 0.6) is 0 Å². The standard InChI is InChI=1S/C10H15Br4Cl/c1-7(15)10(14,6-11)5-4-8(12)9(2,3)13/h8H,1,4-6H2,2-3H3. The molecule has 0 aromatic heterocycles. The maximum Gasteiger partial charge on any atom is 0.0703 e. The highest BCUT2D eigenvalue weighted by Gasteiger charge is 2.31. The molecule has 2 atom stereocenters. The summed E-state index contributed by atoms with van der Waals surface area (Å²) in [6.07, 6.45) is 1.95. The van der Waals surface area contributed by atoms with Crippen LogP contribution in [0.3, 0.4) is 0 Å². The van der Waals surface area contributed by atoms with Gasteiger partial charge in [-0.05, 0) is 26.7 Å². The molecule has 0 aliphatic rings. The Morgan fingerprint density at radius 1 is 1.40 bits per heavy atom. The van der Waals surface area contributed by atoms with E-state index in [0.717, 1.165) is 18.2 Å². The summed E-state index contributed by atoms with van der Waals surface area (Å²) in [4.78, 5) is 0.400. The van der Waals surface area contributed by atoms with Crippen LogP contribution in [-0.2, 0) is 0 Å². The molecule has 0 aliphatic carbocycles. The third-order valence-electron chi connectivity index (χ3n) is 2.24. The summed E-state index contributed by atoms with van der Waals surface area (Å²) in [5.74, 6) is 0. The summed E-state index contributed by atoms with van der Waals surface area (Å²) in [6, 6.07) is 0. The second-order valence-corrected chi connectivity index (χ2v) is 9.76. The summed E-state index contributed by atoms with van der Waals surface area (Å²) >= 11 is 20.4. The maximum atomic E-state index is 5.98. The lowest BCUT2D eigenvalue weighted by molar-refractivity contribution is 0.581. The fraction of sp³-hybridized carbons (Fsp3) is 0.800. The molecule has 0 aliphatic heterocycles. The van der Waals surface area contributed by atoms with Gasteiger partial charge in [0.15, 0.2) is 0 Å². The maximum absolute atomic E-state index is 5.98. The Bertz CT molecular complexity index is 224. The number of alkyl halides is 4. The molecule has 0 saturated carbocycles. The smallest absolute Gasteiger partial charge is 0.0703 e. The van der Waals surface area contributed by atoms with Crippen LogP contribution in [-0.4, -0.2) is 18.8 Å². The van der Waals surface area contributed by atoms with Crippen LogP contribution in [0.25, 0.3) is 0 Å². The minimum Gasteiger partial charge on any atom is -0.0909 e. The van der Waals surface area contributed by atoms with Crippen molar-refractivity contribution in [3.63, 3.8) is 0 Å². The molecule has 0 heterocycles. The third kappa shape index (κ3) is 5.89.